The Kier molecular flexibility index (Phi) is 5.07. The van der Waals surface area contributed by atoms with Crippen molar-refractivity contribution >= 4 is 11.8 Å². The van der Waals surface area contributed by atoms with Crippen LogP contribution in [0.1, 0.15) is 73.1 Å². The number of aliphatic carboxylic acids is 1. The molecule has 8 unspecified atom stereocenters. The lowest BCUT2D eigenvalue weighted by molar-refractivity contribution is -0.146. The largest absolute Gasteiger partial charge is 0.481 e. The smallest absolute Gasteiger partial charge is 0.303 e. The van der Waals surface area contributed by atoms with Crippen molar-refractivity contribution in [1.29, 1.82) is 0 Å². The molecule has 4 rings (SSSR count). The van der Waals surface area contributed by atoms with Crippen molar-refractivity contribution < 1.29 is 14.7 Å². The molecule has 4 aliphatic carbocycles. The van der Waals surface area contributed by atoms with Crippen LogP contribution in [0.25, 0.3) is 0 Å². The van der Waals surface area contributed by atoms with Gasteiger partial charge in [0.15, 0.2) is 0 Å². The highest BCUT2D eigenvalue weighted by Crippen LogP contribution is 2.59. The van der Waals surface area contributed by atoms with E-state index in [9.17, 15) is 14.7 Å². The molecule has 8 atom stereocenters. The van der Waals surface area contributed by atoms with Gasteiger partial charge in [-0.25, -0.2) is 0 Å². The van der Waals surface area contributed by atoms with Crippen LogP contribution in [-0.4, -0.2) is 16.9 Å². The molecule has 1 N–H and O–H groups in total. The normalized spacial score (nSPS) is 44.0. The fraction of sp³-hybridized carbons (Fsp3) is 0.909. The molecule has 4 saturated carbocycles. The Hall–Kier alpha value is -0.860. The molecule has 0 saturated heterocycles. The molecule has 0 amide bonds. The molecule has 25 heavy (non-hydrogen) atoms. The number of Topliss-reactive ketones (excluding diaryl/α,β-unsaturated/α-hetero) is 1. The van der Waals surface area contributed by atoms with Crippen molar-refractivity contribution in [2.24, 2.45) is 52.8 Å². The molecular formula is C22H36O3. The number of ketones is 1. The average molecular weight is 349 g/mol. The summed E-state index contributed by atoms with van der Waals surface area (Å²) in [5.74, 6) is 3.73. The van der Waals surface area contributed by atoms with Gasteiger partial charge in [-0.2, -0.15) is 0 Å². The first-order valence-corrected chi connectivity index (χ1v) is 10.4. The third-order valence-electron chi connectivity index (χ3n) is 7.94. The molecule has 4 fully saturated rings. The maximum absolute atomic E-state index is 13.1. The van der Waals surface area contributed by atoms with Crippen molar-refractivity contribution in [3.63, 3.8) is 0 Å². The van der Waals surface area contributed by atoms with Gasteiger partial charge in [-0.15, -0.1) is 0 Å². The quantitative estimate of drug-likeness (QED) is 0.774. The number of rotatable bonds is 4. The van der Waals surface area contributed by atoms with Gasteiger partial charge in [-0.1, -0.05) is 41.0 Å². The van der Waals surface area contributed by atoms with Gasteiger partial charge in [0.25, 0.3) is 0 Å². The first-order chi connectivity index (χ1) is 11.6. The molecule has 0 aromatic rings. The Balaban J connectivity index is 1.89. The van der Waals surface area contributed by atoms with Crippen LogP contribution in [0, 0.1) is 52.8 Å². The fourth-order valence-electron chi connectivity index (χ4n) is 6.85. The van der Waals surface area contributed by atoms with E-state index in [0.717, 1.165) is 19.3 Å². The van der Waals surface area contributed by atoms with E-state index in [1.807, 2.05) is 0 Å². The number of carbonyl (C=O) groups is 2. The number of carboxylic acids is 1. The van der Waals surface area contributed by atoms with Crippen LogP contribution < -0.4 is 0 Å². The summed E-state index contributed by atoms with van der Waals surface area (Å²) in [6, 6.07) is 0. The molecule has 142 valence electrons. The predicted molar refractivity (Wildman–Crippen MR) is 99.1 cm³/mol. The number of hydrogen-bond donors (Lipinski definition) is 1. The van der Waals surface area contributed by atoms with E-state index in [-0.39, 0.29) is 11.3 Å². The number of hydrogen-bond acceptors (Lipinski definition) is 2. The van der Waals surface area contributed by atoms with E-state index < -0.39 is 5.97 Å². The van der Waals surface area contributed by atoms with Crippen molar-refractivity contribution in [2.75, 3.05) is 0 Å². The zero-order valence-corrected chi connectivity index (χ0v) is 16.6. The second-order valence-electron chi connectivity index (χ2n) is 10.4. The number of carboxylic acid groups (broad SMARTS) is 1. The number of fused-ring (bicyclic) bond motifs is 3. The van der Waals surface area contributed by atoms with Gasteiger partial charge in [0, 0.05) is 17.8 Å². The molecule has 2 bridgehead atoms. The minimum atomic E-state index is -0.653. The standard InChI is InChI=1S/C22H36O3/c1-12-6-7-15(11-18(23)24)19(12)20-13(2)14-8-9-16(20)17(10-14)21(25)22(3,4)5/h12-17,19-20H,6-11H2,1-5H3,(H,23,24). The van der Waals surface area contributed by atoms with E-state index in [4.69, 9.17) is 0 Å². The van der Waals surface area contributed by atoms with Crippen LogP contribution in [-0.2, 0) is 9.59 Å². The summed E-state index contributed by atoms with van der Waals surface area (Å²) in [7, 11) is 0. The first-order valence-electron chi connectivity index (χ1n) is 10.4. The summed E-state index contributed by atoms with van der Waals surface area (Å²) in [5, 5.41) is 9.37. The topological polar surface area (TPSA) is 54.4 Å². The highest BCUT2D eigenvalue weighted by atomic mass is 16.4. The summed E-state index contributed by atoms with van der Waals surface area (Å²) in [4.78, 5) is 24.5. The maximum atomic E-state index is 13.1. The van der Waals surface area contributed by atoms with E-state index >= 15 is 0 Å². The van der Waals surface area contributed by atoms with Gasteiger partial charge in [-0.3, -0.25) is 9.59 Å². The Morgan fingerprint density at radius 2 is 1.68 bits per heavy atom. The Morgan fingerprint density at radius 1 is 1.00 bits per heavy atom. The second-order valence-corrected chi connectivity index (χ2v) is 10.4. The lowest BCUT2D eigenvalue weighted by Crippen LogP contribution is -2.52. The summed E-state index contributed by atoms with van der Waals surface area (Å²) >= 11 is 0. The fourth-order valence-corrected chi connectivity index (χ4v) is 6.85. The summed E-state index contributed by atoms with van der Waals surface area (Å²) < 4.78 is 0. The Bertz CT molecular complexity index is 532. The Labute approximate surface area is 153 Å². The molecule has 3 nitrogen and oxygen atoms in total. The molecule has 0 aromatic carbocycles. The van der Waals surface area contributed by atoms with Gasteiger partial charge in [0.2, 0.25) is 0 Å². The van der Waals surface area contributed by atoms with Crippen molar-refractivity contribution in [2.45, 2.75) is 73.1 Å². The molecule has 0 aliphatic heterocycles. The Morgan fingerprint density at radius 3 is 2.28 bits per heavy atom. The zero-order chi connectivity index (χ0) is 18.5. The summed E-state index contributed by atoms with van der Waals surface area (Å²) in [5.41, 5.74) is -0.266. The van der Waals surface area contributed by atoms with Gasteiger partial charge in [-0.05, 0) is 67.1 Å². The van der Waals surface area contributed by atoms with Crippen LogP contribution >= 0.6 is 0 Å². The van der Waals surface area contributed by atoms with Gasteiger partial charge in [0.05, 0.1) is 0 Å². The molecular weight excluding hydrogens is 312 g/mol. The van der Waals surface area contributed by atoms with E-state index in [0.29, 0.717) is 53.6 Å². The van der Waals surface area contributed by atoms with Gasteiger partial charge < -0.3 is 5.11 Å². The van der Waals surface area contributed by atoms with E-state index in [2.05, 4.69) is 34.6 Å². The van der Waals surface area contributed by atoms with Crippen LogP contribution in [0.2, 0.25) is 0 Å². The van der Waals surface area contributed by atoms with E-state index in [1.165, 1.54) is 12.8 Å². The lowest BCUT2D eigenvalue weighted by atomic mass is 9.49. The third-order valence-corrected chi connectivity index (χ3v) is 7.94. The minimum absolute atomic E-state index is 0.207. The summed E-state index contributed by atoms with van der Waals surface area (Å²) in [6.45, 7) is 10.9. The molecule has 0 spiro atoms. The SMILES string of the molecule is CC1CCC(CC(=O)O)C1C1C(C)C2CCC1C(C(=O)C(C)(C)C)C2. The van der Waals surface area contributed by atoms with Crippen molar-refractivity contribution in [3.05, 3.63) is 0 Å². The van der Waals surface area contributed by atoms with Crippen molar-refractivity contribution in [3.8, 4) is 0 Å². The monoisotopic (exact) mass is 348 g/mol. The molecule has 4 aliphatic rings. The predicted octanol–water partition coefficient (Wildman–Crippen LogP) is 5.04. The van der Waals surface area contributed by atoms with Crippen LogP contribution in [0.3, 0.4) is 0 Å². The highest BCUT2D eigenvalue weighted by Gasteiger charge is 2.55. The molecule has 0 aromatic heterocycles. The minimum Gasteiger partial charge on any atom is -0.481 e. The third kappa shape index (κ3) is 3.40. The zero-order valence-electron chi connectivity index (χ0n) is 16.6. The number of carbonyl (C=O) groups excluding carboxylic acids is 1. The van der Waals surface area contributed by atoms with Crippen LogP contribution in [0.15, 0.2) is 0 Å². The van der Waals surface area contributed by atoms with Gasteiger partial charge in [0.1, 0.15) is 5.78 Å². The lowest BCUT2D eigenvalue weighted by Gasteiger charge is -2.55. The molecule has 0 radical (unpaired) electrons. The summed E-state index contributed by atoms with van der Waals surface area (Å²) in [6.07, 6.45) is 6.03. The van der Waals surface area contributed by atoms with Crippen molar-refractivity contribution in [1.82, 2.24) is 0 Å². The highest BCUT2D eigenvalue weighted by molar-refractivity contribution is 5.86. The second kappa shape index (κ2) is 6.70. The van der Waals surface area contributed by atoms with Crippen LogP contribution in [0.4, 0.5) is 0 Å². The average Bonchev–Trinajstić information content (AvgIpc) is 2.86. The maximum Gasteiger partial charge on any atom is 0.303 e. The van der Waals surface area contributed by atoms with Gasteiger partial charge >= 0.3 is 5.97 Å². The van der Waals surface area contributed by atoms with E-state index in [1.54, 1.807) is 0 Å². The molecule has 3 heteroatoms. The first kappa shape index (κ1) is 18.9. The molecule has 0 heterocycles. The van der Waals surface area contributed by atoms with Crippen LogP contribution in [0.5, 0.6) is 0 Å².